The van der Waals surface area contributed by atoms with Gasteiger partial charge in [-0.1, -0.05) is 29.8 Å². The Labute approximate surface area is 110 Å². The second kappa shape index (κ2) is 4.67. The fourth-order valence-corrected chi connectivity index (χ4v) is 3.75. The van der Waals surface area contributed by atoms with Crippen LogP contribution in [0.2, 0.25) is 0 Å². The first kappa shape index (κ1) is 12.2. The summed E-state index contributed by atoms with van der Waals surface area (Å²) in [6, 6.07) is 9.11. The van der Waals surface area contributed by atoms with Crippen molar-refractivity contribution in [3.63, 3.8) is 0 Å². The molecule has 3 rings (SSSR count). The van der Waals surface area contributed by atoms with E-state index in [1.165, 1.54) is 36.9 Å². The molecule has 1 atom stereocenters. The Hall–Kier alpha value is -0.860. The van der Waals surface area contributed by atoms with Crippen LogP contribution in [0.15, 0.2) is 24.3 Å². The van der Waals surface area contributed by atoms with Gasteiger partial charge in [-0.15, -0.1) is 0 Å². The Bertz CT molecular complexity index is 406. The van der Waals surface area contributed by atoms with Gasteiger partial charge in [-0.3, -0.25) is 0 Å². The zero-order valence-electron chi connectivity index (χ0n) is 11.4. The summed E-state index contributed by atoms with van der Waals surface area (Å²) in [5.74, 6) is 0.665. The summed E-state index contributed by atoms with van der Waals surface area (Å²) in [7, 11) is 1.85. The van der Waals surface area contributed by atoms with Gasteiger partial charge in [0.1, 0.15) is 0 Å². The zero-order valence-corrected chi connectivity index (χ0v) is 11.4. The summed E-state index contributed by atoms with van der Waals surface area (Å²) in [5.41, 5.74) is 3.35. The molecule has 0 aromatic heterocycles. The standard InChI is InChI=1S/C16H23NO/c1-12-3-5-13(6-4-12)15-11-17-8-7-16(15)9-14(10-16)18-2/h3-6,14-15,17H,7-11H2,1-2H3. The van der Waals surface area contributed by atoms with Crippen LogP contribution in [0.3, 0.4) is 0 Å². The average molecular weight is 245 g/mol. The fraction of sp³-hybridized carbons (Fsp3) is 0.625. The van der Waals surface area contributed by atoms with Crippen LogP contribution in [0.5, 0.6) is 0 Å². The molecule has 1 N–H and O–H groups in total. The smallest absolute Gasteiger partial charge is 0.0582 e. The van der Waals surface area contributed by atoms with Crippen molar-refractivity contribution in [1.29, 1.82) is 0 Å². The minimum Gasteiger partial charge on any atom is -0.381 e. The van der Waals surface area contributed by atoms with Crippen LogP contribution in [-0.4, -0.2) is 26.3 Å². The Morgan fingerprint density at radius 2 is 1.94 bits per heavy atom. The maximum absolute atomic E-state index is 5.50. The highest BCUT2D eigenvalue weighted by atomic mass is 16.5. The maximum atomic E-state index is 5.50. The Kier molecular flexibility index (Phi) is 3.16. The lowest BCUT2D eigenvalue weighted by atomic mass is 9.55. The summed E-state index contributed by atoms with van der Waals surface area (Å²) in [6.45, 7) is 4.45. The lowest BCUT2D eigenvalue weighted by Gasteiger charge is -2.54. The van der Waals surface area contributed by atoms with Gasteiger partial charge in [0.25, 0.3) is 0 Å². The number of methoxy groups -OCH3 is 1. The molecule has 0 radical (unpaired) electrons. The van der Waals surface area contributed by atoms with E-state index in [0.717, 1.165) is 6.54 Å². The van der Waals surface area contributed by atoms with Gasteiger partial charge in [0.2, 0.25) is 0 Å². The van der Waals surface area contributed by atoms with Crippen LogP contribution in [-0.2, 0) is 4.74 Å². The SMILES string of the molecule is COC1CC2(CCNCC2c2ccc(C)cc2)C1. The number of nitrogens with one attached hydrogen (secondary N) is 1. The highest BCUT2D eigenvalue weighted by molar-refractivity contribution is 5.28. The van der Waals surface area contributed by atoms with Crippen LogP contribution >= 0.6 is 0 Å². The van der Waals surface area contributed by atoms with Gasteiger partial charge in [0.15, 0.2) is 0 Å². The second-order valence-electron chi connectivity index (χ2n) is 6.05. The number of rotatable bonds is 2. The monoisotopic (exact) mass is 245 g/mol. The van der Waals surface area contributed by atoms with Crippen molar-refractivity contribution >= 4 is 0 Å². The molecule has 1 spiro atoms. The average Bonchev–Trinajstić information content (AvgIpc) is 2.37. The minimum atomic E-state index is 0.496. The molecule has 1 unspecified atom stereocenters. The summed E-state index contributed by atoms with van der Waals surface area (Å²) >= 11 is 0. The first-order valence-electron chi connectivity index (χ1n) is 7.04. The molecular formula is C16H23NO. The molecule has 1 aromatic rings. The van der Waals surface area contributed by atoms with E-state index in [1.807, 2.05) is 7.11 Å². The van der Waals surface area contributed by atoms with Gasteiger partial charge < -0.3 is 10.1 Å². The van der Waals surface area contributed by atoms with Crippen molar-refractivity contribution in [2.75, 3.05) is 20.2 Å². The van der Waals surface area contributed by atoms with Crippen molar-refractivity contribution in [2.45, 2.75) is 38.2 Å². The van der Waals surface area contributed by atoms with E-state index in [-0.39, 0.29) is 0 Å². The highest BCUT2D eigenvalue weighted by Gasteiger charge is 2.50. The largest absolute Gasteiger partial charge is 0.381 e. The Morgan fingerprint density at radius 1 is 1.22 bits per heavy atom. The molecule has 2 nitrogen and oxygen atoms in total. The number of hydrogen-bond donors (Lipinski definition) is 1. The van der Waals surface area contributed by atoms with E-state index in [0.29, 0.717) is 17.4 Å². The quantitative estimate of drug-likeness (QED) is 0.865. The summed E-state index contributed by atoms with van der Waals surface area (Å²) in [6.07, 6.45) is 4.27. The van der Waals surface area contributed by atoms with Gasteiger partial charge >= 0.3 is 0 Å². The molecule has 1 aromatic carbocycles. The van der Waals surface area contributed by atoms with Gasteiger partial charge in [-0.25, -0.2) is 0 Å². The predicted molar refractivity (Wildman–Crippen MR) is 73.9 cm³/mol. The summed E-state index contributed by atoms with van der Waals surface area (Å²) < 4.78 is 5.50. The van der Waals surface area contributed by atoms with Crippen LogP contribution in [0.1, 0.15) is 36.3 Å². The molecule has 1 aliphatic heterocycles. The van der Waals surface area contributed by atoms with Crippen molar-refractivity contribution < 1.29 is 4.74 Å². The van der Waals surface area contributed by atoms with E-state index < -0.39 is 0 Å². The fourth-order valence-electron chi connectivity index (χ4n) is 3.75. The van der Waals surface area contributed by atoms with Crippen molar-refractivity contribution in [3.05, 3.63) is 35.4 Å². The van der Waals surface area contributed by atoms with E-state index >= 15 is 0 Å². The van der Waals surface area contributed by atoms with Crippen LogP contribution in [0, 0.1) is 12.3 Å². The van der Waals surface area contributed by atoms with Crippen molar-refractivity contribution in [2.24, 2.45) is 5.41 Å². The first-order chi connectivity index (χ1) is 8.73. The zero-order chi connectivity index (χ0) is 12.6. The molecule has 0 amide bonds. The maximum Gasteiger partial charge on any atom is 0.0582 e. The van der Waals surface area contributed by atoms with Gasteiger partial charge in [-0.2, -0.15) is 0 Å². The van der Waals surface area contributed by atoms with Gasteiger partial charge in [0.05, 0.1) is 6.10 Å². The topological polar surface area (TPSA) is 21.3 Å². The Balaban J connectivity index is 1.82. The molecule has 0 bridgehead atoms. The van der Waals surface area contributed by atoms with E-state index in [2.05, 4.69) is 36.5 Å². The molecular weight excluding hydrogens is 222 g/mol. The molecule has 1 heterocycles. The van der Waals surface area contributed by atoms with E-state index in [1.54, 1.807) is 0 Å². The first-order valence-corrected chi connectivity index (χ1v) is 7.04. The van der Waals surface area contributed by atoms with Gasteiger partial charge in [-0.05, 0) is 43.7 Å². The molecule has 1 saturated heterocycles. The third-order valence-electron chi connectivity index (χ3n) is 4.97. The van der Waals surface area contributed by atoms with E-state index in [4.69, 9.17) is 4.74 Å². The normalized spacial score (nSPS) is 35.4. The lowest BCUT2D eigenvalue weighted by Crippen LogP contribution is -2.53. The molecule has 2 aliphatic rings. The van der Waals surface area contributed by atoms with Crippen LogP contribution < -0.4 is 5.32 Å². The molecule has 98 valence electrons. The van der Waals surface area contributed by atoms with Crippen molar-refractivity contribution in [3.8, 4) is 0 Å². The third-order valence-corrected chi connectivity index (χ3v) is 4.97. The summed E-state index contributed by atoms with van der Waals surface area (Å²) in [5, 5.41) is 3.56. The number of ether oxygens (including phenoxy) is 1. The van der Waals surface area contributed by atoms with E-state index in [9.17, 15) is 0 Å². The number of aryl methyl sites for hydroxylation is 1. The number of piperidine rings is 1. The Morgan fingerprint density at radius 3 is 2.61 bits per heavy atom. The third kappa shape index (κ3) is 1.98. The number of benzene rings is 1. The second-order valence-corrected chi connectivity index (χ2v) is 6.05. The van der Waals surface area contributed by atoms with Gasteiger partial charge in [0, 0.05) is 19.6 Å². The molecule has 18 heavy (non-hydrogen) atoms. The molecule has 2 heteroatoms. The summed E-state index contributed by atoms with van der Waals surface area (Å²) in [4.78, 5) is 0. The highest BCUT2D eigenvalue weighted by Crippen LogP contribution is 2.55. The minimum absolute atomic E-state index is 0.496. The predicted octanol–water partition coefficient (Wildman–Crippen LogP) is 2.87. The molecule has 2 fully saturated rings. The van der Waals surface area contributed by atoms with Crippen molar-refractivity contribution in [1.82, 2.24) is 5.32 Å². The van der Waals surface area contributed by atoms with Crippen LogP contribution in [0.4, 0.5) is 0 Å². The number of hydrogen-bond acceptors (Lipinski definition) is 2. The molecule has 1 saturated carbocycles. The van der Waals surface area contributed by atoms with Crippen LogP contribution in [0.25, 0.3) is 0 Å². The lowest BCUT2D eigenvalue weighted by molar-refractivity contribution is -0.0851. The molecule has 1 aliphatic carbocycles.